The van der Waals surface area contributed by atoms with Gasteiger partial charge in [-0.1, -0.05) is 209 Å². The Morgan fingerprint density at radius 2 is 0.600 bits per heavy atom. The highest BCUT2D eigenvalue weighted by atomic mass is 16.6. The van der Waals surface area contributed by atoms with Crippen molar-refractivity contribution >= 4 is 17.9 Å². The first kappa shape index (κ1) is 61.9. The zero-order valence-corrected chi connectivity index (χ0v) is 42.7. The maximum absolute atomic E-state index is 12.8. The van der Waals surface area contributed by atoms with Crippen molar-refractivity contribution in [2.45, 2.75) is 271 Å². The smallest absolute Gasteiger partial charge is 0.306 e. The molecule has 0 fully saturated rings. The average Bonchev–Trinajstić information content (AvgIpc) is 3.30. The van der Waals surface area contributed by atoms with Crippen LogP contribution in [0.3, 0.4) is 0 Å². The highest BCUT2D eigenvalue weighted by Crippen LogP contribution is 2.14. The summed E-state index contributed by atoms with van der Waals surface area (Å²) in [5.74, 6) is -0.933. The maximum Gasteiger partial charge on any atom is 0.306 e. The topological polar surface area (TPSA) is 78.9 Å². The van der Waals surface area contributed by atoms with Crippen LogP contribution in [0.1, 0.15) is 265 Å². The molecule has 0 aromatic heterocycles. The molecule has 0 heterocycles. The minimum Gasteiger partial charge on any atom is -0.462 e. The molecule has 0 aliphatic heterocycles. The van der Waals surface area contributed by atoms with E-state index in [9.17, 15) is 14.4 Å². The predicted molar refractivity (Wildman–Crippen MR) is 279 cm³/mol. The van der Waals surface area contributed by atoms with Crippen LogP contribution >= 0.6 is 0 Å². The largest absolute Gasteiger partial charge is 0.462 e. The van der Waals surface area contributed by atoms with E-state index in [1.807, 2.05) is 0 Å². The van der Waals surface area contributed by atoms with Crippen molar-refractivity contribution in [3.63, 3.8) is 0 Å². The summed E-state index contributed by atoms with van der Waals surface area (Å²) < 4.78 is 16.8. The number of esters is 3. The van der Waals surface area contributed by atoms with Gasteiger partial charge in [-0.2, -0.15) is 0 Å². The average molecular weight is 907 g/mol. The predicted octanol–water partition coefficient (Wildman–Crippen LogP) is 18.2. The molecule has 0 aromatic rings. The highest BCUT2D eigenvalue weighted by Gasteiger charge is 2.19. The summed E-state index contributed by atoms with van der Waals surface area (Å²) in [6, 6.07) is 0. The molecule has 1 atom stereocenters. The summed E-state index contributed by atoms with van der Waals surface area (Å²) in [4.78, 5) is 38.0. The highest BCUT2D eigenvalue weighted by molar-refractivity contribution is 5.71. The molecule has 6 heteroatoms. The monoisotopic (exact) mass is 907 g/mol. The molecule has 0 radical (unpaired) electrons. The van der Waals surface area contributed by atoms with Crippen LogP contribution in [0, 0.1) is 0 Å². The molecule has 1 unspecified atom stereocenters. The summed E-state index contributed by atoms with van der Waals surface area (Å²) in [6.45, 7) is 6.49. The Balaban J connectivity index is 4.43. The first-order chi connectivity index (χ1) is 32.0. The van der Waals surface area contributed by atoms with Gasteiger partial charge in [-0.3, -0.25) is 14.4 Å². The van der Waals surface area contributed by atoms with Crippen LogP contribution in [0.5, 0.6) is 0 Å². The van der Waals surface area contributed by atoms with E-state index in [1.165, 1.54) is 109 Å². The Morgan fingerprint density at radius 3 is 0.969 bits per heavy atom. The first-order valence-corrected chi connectivity index (χ1v) is 27.4. The van der Waals surface area contributed by atoms with E-state index in [2.05, 4.69) is 93.7 Å². The number of allylic oxidation sites excluding steroid dienone is 12. The van der Waals surface area contributed by atoms with E-state index in [4.69, 9.17) is 14.2 Å². The van der Waals surface area contributed by atoms with Gasteiger partial charge in [0.1, 0.15) is 13.2 Å². The second-order valence-electron chi connectivity index (χ2n) is 18.1. The molecule has 0 aromatic carbocycles. The Bertz CT molecular complexity index is 1230. The normalized spacial score (nSPS) is 12.6. The van der Waals surface area contributed by atoms with Gasteiger partial charge in [0.25, 0.3) is 0 Å². The van der Waals surface area contributed by atoms with Gasteiger partial charge in [0.15, 0.2) is 6.10 Å². The minimum absolute atomic E-state index is 0.0934. The Hall–Kier alpha value is -3.15. The summed E-state index contributed by atoms with van der Waals surface area (Å²) in [7, 11) is 0. The van der Waals surface area contributed by atoms with Crippen LogP contribution in [0.4, 0.5) is 0 Å². The van der Waals surface area contributed by atoms with Crippen molar-refractivity contribution in [1.82, 2.24) is 0 Å². The van der Waals surface area contributed by atoms with Gasteiger partial charge < -0.3 is 14.2 Å². The summed E-state index contributed by atoms with van der Waals surface area (Å²) in [5, 5.41) is 0. The van der Waals surface area contributed by atoms with Crippen molar-refractivity contribution in [3.8, 4) is 0 Å². The second-order valence-corrected chi connectivity index (χ2v) is 18.1. The molecule has 0 saturated heterocycles. The third kappa shape index (κ3) is 51.7. The number of carbonyl (C=O) groups excluding carboxylic acids is 3. The van der Waals surface area contributed by atoms with E-state index in [1.54, 1.807) is 0 Å². The second kappa shape index (κ2) is 53.5. The van der Waals surface area contributed by atoms with E-state index in [0.717, 1.165) is 116 Å². The van der Waals surface area contributed by atoms with Crippen molar-refractivity contribution < 1.29 is 28.6 Å². The zero-order chi connectivity index (χ0) is 47.2. The summed E-state index contributed by atoms with van der Waals surface area (Å²) in [5.41, 5.74) is 0. The third-order valence-electron chi connectivity index (χ3n) is 11.7. The lowest BCUT2D eigenvalue weighted by Crippen LogP contribution is -2.30. The Labute approximate surface area is 402 Å². The van der Waals surface area contributed by atoms with Gasteiger partial charge in [-0.15, -0.1) is 0 Å². The van der Waals surface area contributed by atoms with Gasteiger partial charge in [0.2, 0.25) is 0 Å². The van der Waals surface area contributed by atoms with E-state index in [0.29, 0.717) is 19.3 Å². The molecule has 0 rings (SSSR count). The molecule has 0 saturated carbocycles. The number of rotatable bonds is 49. The lowest BCUT2D eigenvalue weighted by molar-refractivity contribution is -0.167. The first-order valence-electron chi connectivity index (χ1n) is 27.4. The van der Waals surface area contributed by atoms with Gasteiger partial charge in [-0.05, 0) is 109 Å². The van der Waals surface area contributed by atoms with Gasteiger partial charge in [0, 0.05) is 19.3 Å². The summed E-state index contributed by atoms with van der Waals surface area (Å²) >= 11 is 0. The Morgan fingerprint density at radius 1 is 0.323 bits per heavy atom. The molecule has 0 aliphatic carbocycles. The minimum atomic E-state index is -0.795. The van der Waals surface area contributed by atoms with Crippen LogP contribution in [0.15, 0.2) is 72.9 Å². The van der Waals surface area contributed by atoms with Crippen LogP contribution < -0.4 is 0 Å². The molecule has 0 N–H and O–H groups in total. The van der Waals surface area contributed by atoms with E-state index >= 15 is 0 Å². The SMILES string of the molecule is CC/C=C\C/C=C\C/C=C\C/C=C\CCCCCCCCC(=O)OCC(COC(=O)CCCCC/C=C\CCCCCCCCC)OC(=O)CCCCC/C=C\CCCCCCCCC. The van der Waals surface area contributed by atoms with Crippen molar-refractivity contribution in [2.24, 2.45) is 0 Å². The van der Waals surface area contributed by atoms with Crippen LogP contribution in [0.25, 0.3) is 0 Å². The third-order valence-corrected chi connectivity index (χ3v) is 11.7. The molecular formula is C59H102O6. The van der Waals surface area contributed by atoms with E-state index < -0.39 is 6.10 Å². The van der Waals surface area contributed by atoms with Crippen LogP contribution in [-0.2, 0) is 28.6 Å². The fourth-order valence-electron chi connectivity index (χ4n) is 7.54. The van der Waals surface area contributed by atoms with Gasteiger partial charge in [-0.25, -0.2) is 0 Å². The van der Waals surface area contributed by atoms with Crippen LogP contribution in [0.2, 0.25) is 0 Å². The maximum atomic E-state index is 12.8. The number of hydrogen-bond acceptors (Lipinski definition) is 6. The number of unbranched alkanes of at least 4 members (excludes halogenated alkanes) is 26. The molecule has 374 valence electrons. The molecule has 0 amide bonds. The molecular weight excluding hydrogens is 805 g/mol. The molecule has 6 nitrogen and oxygen atoms in total. The zero-order valence-electron chi connectivity index (χ0n) is 42.7. The fraction of sp³-hybridized carbons (Fsp3) is 0.746. The number of ether oxygens (including phenoxy) is 3. The fourth-order valence-corrected chi connectivity index (χ4v) is 7.54. The molecule has 65 heavy (non-hydrogen) atoms. The van der Waals surface area contributed by atoms with Crippen molar-refractivity contribution in [2.75, 3.05) is 13.2 Å². The molecule has 0 bridgehead atoms. The standard InChI is InChI=1S/C59H102O6/c1-4-7-10-13-16-19-22-25-28-29-30-31-32-35-37-40-43-46-49-52-58(61)64-55-56(65-59(62)53-50-47-44-41-38-34-27-24-21-18-15-12-9-6-3)54-63-57(60)51-48-45-42-39-36-33-26-23-20-17-14-11-8-5-2/h7,10,16,19,25,28,30-31,33-34,36,38,56H,4-6,8-9,11-15,17-18,20-24,26-27,29,32,35,37,39-55H2,1-3H3/b10-7-,19-16-,28-25-,31-30-,36-33-,38-34-. The molecule has 0 spiro atoms. The quantitative estimate of drug-likeness (QED) is 0.0262. The van der Waals surface area contributed by atoms with Gasteiger partial charge in [0.05, 0.1) is 0 Å². The van der Waals surface area contributed by atoms with Crippen molar-refractivity contribution in [1.29, 1.82) is 0 Å². The summed E-state index contributed by atoms with van der Waals surface area (Å²) in [6.07, 6.45) is 67.4. The molecule has 0 aliphatic rings. The number of hydrogen-bond donors (Lipinski definition) is 0. The van der Waals surface area contributed by atoms with E-state index in [-0.39, 0.29) is 31.1 Å². The lowest BCUT2D eigenvalue weighted by atomic mass is 10.1. The Kier molecular flexibility index (Phi) is 50.9. The van der Waals surface area contributed by atoms with Crippen molar-refractivity contribution in [3.05, 3.63) is 72.9 Å². The van der Waals surface area contributed by atoms with Gasteiger partial charge >= 0.3 is 17.9 Å². The van der Waals surface area contributed by atoms with Crippen LogP contribution in [-0.4, -0.2) is 37.2 Å². The number of carbonyl (C=O) groups is 3. The lowest BCUT2D eigenvalue weighted by Gasteiger charge is -2.18.